The Labute approximate surface area is 99.5 Å². The molecule has 0 spiro atoms. The summed E-state index contributed by atoms with van der Waals surface area (Å²) < 4.78 is 0. The summed E-state index contributed by atoms with van der Waals surface area (Å²) in [4.78, 5) is 8.29. The van der Waals surface area contributed by atoms with E-state index in [0.29, 0.717) is 6.54 Å². The van der Waals surface area contributed by atoms with E-state index in [1.165, 1.54) is 0 Å². The third-order valence-electron chi connectivity index (χ3n) is 2.19. The highest BCUT2D eigenvalue weighted by Crippen LogP contribution is 2.16. The van der Waals surface area contributed by atoms with Crippen LogP contribution in [0.3, 0.4) is 0 Å². The van der Waals surface area contributed by atoms with Crippen LogP contribution in [0.15, 0.2) is 36.5 Å². The number of nitrogens with one attached hydrogen (secondary N) is 1. The van der Waals surface area contributed by atoms with Crippen LogP contribution in [-0.4, -0.2) is 9.97 Å². The summed E-state index contributed by atoms with van der Waals surface area (Å²) in [7, 11) is 0. The lowest BCUT2D eigenvalue weighted by Crippen LogP contribution is -2.02. The molecule has 16 heavy (non-hydrogen) atoms. The second-order valence-electron chi connectivity index (χ2n) is 3.43. The molecule has 0 unspecified atom stereocenters. The molecule has 1 heterocycles. The lowest BCUT2D eigenvalue weighted by molar-refractivity contribution is 1.02. The molecule has 1 N–H and O–H groups in total. The number of anilines is 1. The van der Waals surface area contributed by atoms with Crippen molar-refractivity contribution in [2.75, 3.05) is 5.32 Å². The summed E-state index contributed by atoms with van der Waals surface area (Å²) in [5.74, 6) is 1.57. The van der Waals surface area contributed by atoms with E-state index in [0.717, 1.165) is 22.2 Å². The lowest BCUT2D eigenvalue weighted by Gasteiger charge is -2.07. The van der Waals surface area contributed by atoms with Gasteiger partial charge in [0, 0.05) is 17.8 Å². The van der Waals surface area contributed by atoms with Crippen LogP contribution >= 0.6 is 11.6 Å². The molecule has 0 aliphatic heterocycles. The van der Waals surface area contributed by atoms with E-state index in [9.17, 15) is 0 Å². The maximum atomic E-state index is 6.05. The maximum absolute atomic E-state index is 6.05. The molecule has 0 saturated carbocycles. The Morgan fingerprint density at radius 2 is 2.06 bits per heavy atom. The van der Waals surface area contributed by atoms with Gasteiger partial charge >= 0.3 is 0 Å². The van der Waals surface area contributed by atoms with Crippen molar-refractivity contribution in [3.8, 4) is 0 Å². The van der Waals surface area contributed by atoms with E-state index in [1.807, 2.05) is 37.3 Å². The molecule has 0 bridgehead atoms. The van der Waals surface area contributed by atoms with Gasteiger partial charge in [-0.25, -0.2) is 9.97 Å². The van der Waals surface area contributed by atoms with Crippen molar-refractivity contribution in [2.24, 2.45) is 0 Å². The Bertz CT molecular complexity index is 485. The van der Waals surface area contributed by atoms with E-state index in [-0.39, 0.29) is 0 Å². The van der Waals surface area contributed by atoms with E-state index in [4.69, 9.17) is 11.6 Å². The summed E-state index contributed by atoms with van der Waals surface area (Å²) in [5, 5.41) is 3.97. The SMILES string of the molecule is Cc1nccc(NCc2ccccc2Cl)n1. The molecule has 0 amide bonds. The maximum Gasteiger partial charge on any atom is 0.129 e. The zero-order valence-electron chi connectivity index (χ0n) is 8.94. The second kappa shape index (κ2) is 4.94. The lowest BCUT2D eigenvalue weighted by atomic mass is 10.2. The minimum absolute atomic E-state index is 0.663. The predicted octanol–water partition coefficient (Wildman–Crippen LogP) is 3.05. The Morgan fingerprint density at radius 1 is 1.25 bits per heavy atom. The van der Waals surface area contributed by atoms with Gasteiger partial charge in [0.1, 0.15) is 11.6 Å². The Balaban J connectivity index is 2.05. The monoisotopic (exact) mass is 233 g/mol. The summed E-state index contributed by atoms with van der Waals surface area (Å²) in [6, 6.07) is 9.59. The van der Waals surface area contributed by atoms with Gasteiger partial charge in [-0.05, 0) is 24.6 Å². The van der Waals surface area contributed by atoms with E-state index in [2.05, 4.69) is 15.3 Å². The highest BCUT2D eigenvalue weighted by atomic mass is 35.5. The van der Waals surface area contributed by atoms with Crippen molar-refractivity contribution >= 4 is 17.4 Å². The number of nitrogens with zero attached hydrogens (tertiary/aromatic N) is 2. The summed E-state index contributed by atoms with van der Waals surface area (Å²) in [5.41, 5.74) is 1.06. The third kappa shape index (κ3) is 2.70. The number of rotatable bonds is 3. The first-order valence-corrected chi connectivity index (χ1v) is 5.40. The fraction of sp³-hybridized carbons (Fsp3) is 0.167. The number of halogens is 1. The molecule has 1 aromatic carbocycles. The molecule has 0 radical (unpaired) electrons. The van der Waals surface area contributed by atoms with E-state index < -0.39 is 0 Å². The van der Waals surface area contributed by atoms with Crippen LogP contribution in [0, 0.1) is 6.92 Å². The van der Waals surface area contributed by atoms with Gasteiger partial charge in [-0.1, -0.05) is 29.8 Å². The summed E-state index contributed by atoms with van der Waals surface area (Å²) in [6.45, 7) is 2.52. The molecule has 2 rings (SSSR count). The topological polar surface area (TPSA) is 37.8 Å². The molecule has 3 nitrogen and oxygen atoms in total. The minimum Gasteiger partial charge on any atom is -0.366 e. The molecular weight excluding hydrogens is 222 g/mol. The Morgan fingerprint density at radius 3 is 2.81 bits per heavy atom. The fourth-order valence-electron chi connectivity index (χ4n) is 1.38. The highest BCUT2D eigenvalue weighted by molar-refractivity contribution is 6.31. The van der Waals surface area contributed by atoms with Gasteiger partial charge in [-0.2, -0.15) is 0 Å². The van der Waals surface area contributed by atoms with Crippen LogP contribution in [0.2, 0.25) is 5.02 Å². The van der Waals surface area contributed by atoms with Crippen molar-refractivity contribution in [1.82, 2.24) is 9.97 Å². The van der Waals surface area contributed by atoms with Crippen LogP contribution in [0.1, 0.15) is 11.4 Å². The van der Waals surface area contributed by atoms with Gasteiger partial charge in [0.2, 0.25) is 0 Å². The molecule has 0 aliphatic carbocycles. The molecule has 4 heteroatoms. The van der Waals surface area contributed by atoms with Crippen molar-refractivity contribution in [3.63, 3.8) is 0 Å². The predicted molar refractivity (Wildman–Crippen MR) is 65.5 cm³/mol. The van der Waals surface area contributed by atoms with Gasteiger partial charge in [0.25, 0.3) is 0 Å². The van der Waals surface area contributed by atoms with Gasteiger partial charge in [-0.15, -0.1) is 0 Å². The van der Waals surface area contributed by atoms with Crippen LogP contribution in [0.5, 0.6) is 0 Å². The molecule has 2 aromatic rings. The van der Waals surface area contributed by atoms with Crippen LogP contribution < -0.4 is 5.32 Å². The number of aromatic nitrogens is 2. The first kappa shape index (κ1) is 10.9. The Hall–Kier alpha value is -1.61. The van der Waals surface area contributed by atoms with Gasteiger partial charge in [0.15, 0.2) is 0 Å². The van der Waals surface area contributed by atoms with Crippen LogP contribution in [-0.2, 0) is 6.54 Å². The van der Waals surface area contributed by atoms with Crippen molar-refractivity contribution < 1.29 is 0 Å². The molecule has 0 fully saturated rings. The third-order valence-corrected chi connectivity index (χ3v) is 2.56. The average molecular weight is 234 g/mol. The van der Waals surface area contributed by atoms with Gasteiger partial charge in [0.05, 0.1) is 0 Å². The number of hydrogen-bond donors (Lipinski definition) is 1. The zero-order valence-corrected chi connectivity index (χ0v) is 9.70. The van der Waals surface area contributed by atoms with Crippen molar-refractivity contribution in [1.29, 1.82) is 0 Å². The molecule has 0 aliphatic rings. The first-order valence-electron chi connectivity index (χ1n) is 5.02. The van der Waals surface area contributed by atoms with E-state index in [1.54, 1.807) is 6.20 Å². The average Bonchev–Trinajstić information content (AvgIpc) is 2.28. The second-order valence-corrected chi connectivity index (χ2v) is 3.84. The minimum atomic E-state index is 0.663. The van der Waals surface area contributed by atoms with Crippen LogP contribution in [0.25, 0.3) is 0 Å². The number of aryl methyl sites for hydroxylation is 1. The molecule has 0 atom stereocenters. The molecule has 0 saturated heterocycles. The van der Waals surface area contributed by atoms with Gasteiger partial charge in [-0.3, -0.25) is 0 Å². The summed E-state index contributed by atoms with van der Waals surface area (Å²) >= 11 is 6.05. The normalized spacial score (nSPS) is 10.1. The van der Waals surface area contributed by atoms with E-state index >= 15 is 0 Å². The zero-order chi connectivity index (χ0) is 11.4. The highest BCUT2D eigenvalue weighted by Gasteiger charge is 1.99. The largest absolute Gasteiger partial charge is 0.366 e. The quantitative estimate of drug-likeness (QED) is 0.886. The fourth-order valence-corrected chi connectivity index (χ4v) is 1.58. The summed E-state index contributed by atoms with van der Waals surface area (Å²) in [6.07, 6.45) is 1.73. The van der Waals surface area contributed by atoms with Crippen LogP contribution in [0.4, 0.5) is 5.82 Å². The Kier molecular flexibility index (Phi) is 3.37. The molecular formula is C12H12ClN3. The molecule has 1 aromatic heterocycles. The standard InChI is InChI=1S/C12H12ClN3/c1-9-14-7-6-12(16-9)15-8-10-4-2-3-5-11(10)13/h2-7H,8H2,1H3,(H,14,15,16). The first-order chi connectivity index (χ1) is 7.75. The smallest absolute Gasteiger partial charge is 0.129 e. The van der Waals surface area contributed by atoms with Gasteiger partial charge < -0.3 is 5.32 Å². The van der Waals surface area contributed by atoms with Crippen molar-refractivity contribution in [2.45, 2.75) is 13.5 Å². The number of hydrogen-bond acceptors (Lipinski definition) is 3. The number of benzene rings is 1. The molecule has 82 valence electrons. The van der Waals surface area contributed by atoms with Crippen molar-refractivity contribution in [3.05, 3.63) is 52.9 Å².